The summed E-state index contributed by atoms with van der Waals surface area (Å²) in [7, 11) is 0. The Morgan fingerprint density at radius 3 is 2.14 bits per heavy atom. The number of amides is 1. The minimum atomic E-state index is -0.277. The van der Waals surface area contributed by atoms with Crippen molar-refractivity contribution in [2.75, 3.05) is 6.61 Å². The lowest BCUT2D eigenvalue weighted by Gasteiger charge is -2.18. The van der Waals surface area contributed by atoms with E-state index in [-0.39, 0.29) is 17.2 Å². The Kier molecular flexibility index (Phi) is 5.43. The second-order valence-corrected chi connectivity index (χ2v) is 7.20. The quantitative estimate of drug-likeness (QED) is 0.480. The fourth-order valence-electron chi connectivity index (χ4n) is 3.92. The van der Waals surface area contributed by atoms with Crippen molar-refractivity contribution in [2.45, 2.75) is 18.8 Å². The van der Waals surface area contributed by atoms with Gasteiger partial charge < -0.3 is 4.74 Å². The second kappa shape index (κ2) is 8.31. The van der Waals surface area contributed by atoms with Crippen LogP contribution in [0.25, 0.3) is 0 Å². The monoisotopic (exact) mass is 384 g/mol. The van der Waals surface area contributed by atoms with Gasteiger partial charge in [-0.25, -0.2) is 5.43 Å². The molecule has 1 unspecified atom stereocenters. The van der Waals surface area contributed by atoms with Crippen LogP contribution < -0.4 is 10.2 Å². The molecule has 1 amide bonds. The number of benzene rings is 3. The summed E-state index contributed by atoms with van der Waals surface area (Å²) < 4.78 is 5.44. The van der Waals surface area contributed by atoms with Crippen LogP contribution in [-0.2, 0) is 10.2 Å². The number of nitrogens with zero attached hydrogens (tertiary/aromatic N) is 1. The Balaban J connectivity index is 1.47. The number of carbonyl (C=O) groups is 1. The molecule has 1 fully saturated rings. The van der Waals surface area contributed by atoms with Crippen molar-refractivity contribution in [3.8, 4) is 5.75 Å². The molecule has 0 aromatic heterocycles. The van der Waals surface area contributed by atoms with Crippen molar-refractivity contribution in [1.82, 2.24) is 5.43 Å². The molecule has 1 saturated carbocycles. The highest BCUT2D eigenvalue weighted by Gasteiger charge is 2.60. The van der Waals surface area contributed by atoms with Crippen LogP contribution in [0.3, 0.4) is 0 Å². The summed E-state index contributed by atoms with van der Waals surface area (Å²) in [6, 6.07) is 28.1. The van der Waals surface area contributed by atoms with Gasteiger partial charge in [0.05, 0.1) is 18.7 Å². The highest BCUT2D eigenvalue weighted by molar-refractivity contribution is 5.87. The van der Waals surface area contributed by atoms with E-state index in [0.717, 1.165) is 17.7 Å². The standard InChI is InChI=1S/C25H24N2O2/c1-2-29-22-15-13-19(14-16-22)18-26-27-24(28)23-17-25(23,20-9-5-3-6-10-20)21-11-7-4-8-12-21/h3-16,18,23H,2,17H2,1H3,(H,27,28)/b26-18+. The molecule has 4 heteroatoms. The normalized spacial score (nSPS) is 17.1. The topological polar surface area (TPSA) is 50.7 Å². The predicted octanol–water partition coefficient (Wildman–Crippen LogP) is 4.54. The number of nitrogens with one attached hydrogen (secondary N) is 1. The van der Waals surface area contributed by atoms with Crippen molar-refractivity contribution in [3.63, 3.8) is 0 Å². The Labute approximate surface area is 171 Å². The van der Waals surface area contributed by atoms with Gasteiger partial charge in [-0.15, -0.1) is 0 Å². The zero-order valence-corrected chi connectivity index (χ0v) is 16.4. The fraction of sp³-hybridized carbons (Fsp3) is 0.200. The smallest absolute Gasteiger partial charge is 0.244 e. The molecule has 0 radical (unpaired) electrons. The molecule has 1 aliphatic rings. The third kappa shape index (κ3) is 3.92. The van der Waals surface area contributed by atoms with Crippen molar-refractivity contribution >= 4 is 12.1 Å². The maximum absolute atomic E-state index is 12.9. The van der Waals surface area contributed by atoms with Crippen LogP contribution >= 0.6 is 0 Å². The van der Waals surface area contributed by atoms with E-state index in [1.165, 1.54) is 11.1 Å². The van der Waals surface area contributed by atoms with Gasteiger partial charge in [0.2, 0.25) is 5.91 Å². The lowest BCUT2D eigenvalue weighted by molar-refractivity contribution is -0.122. The van der Waals surface area contributed by atoms with Crippen molar-refractivity contribution in [3.05, 3.63) is 102 Å². The second-order valence-electron chi connectivity index (χ2n) is 7.20. The Morgan fingerprint density at radius 1 is 1.00 bits per heavy atom. The number of ether oxygens (including phenoxy) is 1. The summed E-state index contributed by atoms with van der Waals surface area (Å²) >= 11 is 0. The van der Waals surface area contributed by atoms with Gasteiger partial charge in [0.25, 0.3) is 0 Å². The summed E-state index contributed by atoms with van der Waals surface area (Å²) in [5, 5.41) is 4.17. The Hall–Kier alpha value is -3.40. The van der Waals surface area contributed by atoms with E-state index in [0.29, 0.717) is 6.61 Å². The number of hydrazone groups is 1. The molecule has 29 heavy (non-hydrogen) atoms. The molecule has 0 saturated heterocycles. The minimum Gasteiger partial charge on any atom is -0.494 e. The molecular formula is C25H24N2O2. The minimum absolute atomic E-state index is 0.0557. The third-order valence-electron chi connectivity index (χ3n) is 5.43. The van der Waals surface area contributed by atoms with Crippen LogP contribution in [0, 0.1) is 5.92 Å². The molecule has 3 aromatic rings. The van der Waals surface area contributed by atoms with Crippen molar-refractivity contribution in [2.24, 2.45) is 11.0 Å². The SMILES string of the molecule is CCOc1ccc(/C=N/NC(=O)C2CC2(c2ccccc2)c2ccccc2)cc1. The summed E-state index contributed by atoms with van der Waals surface area (Å²) in [6.45, 7) is 2.59. The molecule has 146 valence electrons. The van der Waals surface area contributed by atoms with Gasteiger partial charge >= 0.3 is 0 Å². The lowest BCUT2D eigenvalue weighted by Crippen LogP contribution is -2.25. The molecule has 1 aliphatic carbocycles. The number of hydrogen-bond donors (Lipinski definition) is 1. The molecule has 3 aromatic carbocycles. The maximum atomic E-state index is 12.9. The Morgan fingerprint density at radius 2 is 1.59 bits per heavy atom. The molecule has 4 rings (SSSR count). The summed E-state index contributed by atoms with van der Waals surface area (Å²) in [5.41, 5.74) is 5.69. The zero-order chi connectivity index (χ0) is 20.1. The molecule has 4 nitrogen and oxygen atoms in total. The molecule has 0 heterocycles. The van der Waals surface area contributed by atoms with E-state index in [2.05, 4.69) is 34.8 Å². The van der Waals surface area contributed by atoms with Gasteiger partial charge in [0.1, 0.15) is 5.75 Å². The van der Waals surface area contributed by atoms with Crippen LogP contribution in [0.5, 0.6) is 5.75 Å². The average Bonchev–Trinajstić information content (AvgIpc) is 3.54. The van der Waals surface area contributed by atoms with Crippen LogP contribution in [-0.4, -0.2) is 18.7 Å². The van der Waals surface area contributed by atoms with Crippen LogP contribution in [0.4, 0.5) is 0 Å². The first kappa shape index (κ1) is 18.9. The van der Waals surface area contributed by atoms with E-state index in [9.17, 15) is 4.79 Å². The first-order chi connectivity index (χ1) is 14.2. The van der Waals surface area contributed by atoms with E-state index >= 15 is 0 Å². The lowest BCUT2D eigenvalue weighted by atomic mass is 9.85. The fourth-order valence-corrected chi connectivity index (χ4v) is 3.92. The highest BCUT2D eigenvalue weighted by atomic mass is 16.5. The molecule has 0 bridgehead atoms. The van der Waals surface area contributed by atoms with Gasteiger partial charge in [-0.1, -0.05) is 60.7 Å². The van der Waals surface area contributed by atoms with Crippen LogP contribution in [0.1, 0.15) is 30.0 Å². The van der Waals surface area contributed by atoms with Gasteiger partial charge in [0.15, 0.2) is 0 Å². The highest BCUT2D eigenvalue weighted by Crippen LogP contribution is 2.58. The first-order valence-electron chi connectivity index (χ1n) is 9.91. The molecule has 0 spiro atoms. The summed E-state index contributed by atoms with van der Waals surface area (Å²) in [4.78, 5) is 12.9. The van der Waals surface area contributed by atoms with Crippen LogP contribution in [0.2, 0.25) is 0 Å². The molecule has 0 aliphatic heterocycles. The Bertz CT molecular complexity index is 943. The van der Waals surface area contributed by atoms with Crippen LogP contribution in [0.15, 0.2) is 90.0 Å². The first-order valence-corrected chi connectivity index (χ1v) is 9.91. The van der Waals surface area contributed by atoms with Gasteiger partial charge in [-0.2, -0.15) is 5.10 Å². The van der Waals surface area contributed by atoms with E-state index in [4.69, 9.17) is 4.74 Å². The van der Waals surface area contributed by atoms with Gasteiger partial charge in [-0.3, -0.25) is 4.79 Å². The number of hydrogen-bond acceptors (Lipinski definition) is 3. The predicted molar refractivity (Wildman–Crippen MR) is 115 cm³/mol. The van der Waals surface area contributed by atoms with Gasteiger partial charge in [-0.05, 0) is 54.3 Å². The summed E-state index contributed by atoms with van der Waals surface area (Å²) in [5.74, 6) is 0.631. The number of rotatable bonds is 7. The largest absolute Gasteiger partial charge is 0.494 e. The van der Waals surface area contributed by atoms with E-state index < -0.39 is 0 Å². The van der Waals surface area contributed by atoms with E-state index in [1.54, 1.807) is 6.21 Å². The molecule has 1 atom stereocenters. The maximum Gasteiger partial charge on any atom is 0.244 e. The average molecular weight is 384 g/mol. The van der Waals surface area contributed by atoms with Crippen molar-refractivity contribution in [1.29, 1.82) is 0 Å². The van der Waals surface area contributed by atoms with Crippen molar-refractivity contribution < 1.29 is 9.53 Å². The zero-order valence-electron chi connectivity index (χ0n) is 16.4. The number of carbonyl (C=O) groups excluding carboxylic acids is 1. The molecular weight excluding hydrogens is 360 g/mol. The third-order valence-corrected chi connectivity index (χ3v) is 5.43. The molecule has 1 N–H and O–H groups in total. The van der Waals surface area contributed by atoms with E-state index in [1.807, 2.05) is 67.6 Å². The van der Waals surface area contributed by atoms with Gasteiger partial charge in [0, 0.05) is 5.41 Å². The summed E-state index contributed by atoms with van der Waals surface area (Å²) in [6.07, 6.45) is 2.44.